The van der Waals surface area contributed by atoms with Gasteiger partial charge in [0.2, 0.25) is 0 Å². The summed E-state index contributed by atoms with van der Waals surface area (Å²) in [5.74, 6) is -0.0484. The quantitative estimate of drug-likeness (QED) is 0.860. The van der Waals surface area contributed by atoms with Crippen molar-refractivity contribution in [2.24, 2.45) is 0 Å². The van der Waals surface area contributed by atoms with Crippen molar-refractivity contribution in [3.05, 3.63) is 40.2 Å². The molecule has 2 aromatic rings. The number of hydrogen-bond acceptors (Lipinski definition) is 5. The van der Waals surface area contributed by atoms with Crippen molar-refractivity contribution < 1.29 is 9.59 Å². The highest BCUT2D eigenvalue weighted by Crippen LogP contribution is 2.26. The van der Waals surface area contributed by atoms with Crippen LogP contribution >= 0.6 is 0 Å². The molecule has 8 heteroatoms. The van der Waals surface area contributed by atoms with Crippen LogP contribution in [0.4, 0.5) is 0 Å². The van der Waals surface area contributed by atoms with E-state index in [-0.39, 0.29) is 11.8 Å². The molecular weight excluding hydrogens is 368 g/mol. The van der Waals surface area contributed by atoms with Gasteiger partial charge in [0.25, 0.3) is 11.8 Å². The molecule has 0 aromatic carbocycles. The second kappa shape index (κ2) is 7.93. The zero-order valence-corrected chi connectivity index (χ0v) is 17.4. The van der Waals surface area contributed by atoms with E-state index in [1.165, 1.54) is 12.7 Å². The molecule has 2 aromatic heterocycles. The predicted molar refractivity (Wildman–Crippen MR) is 108 cm³/mol. The summed E-state index contributed by atoms with van der Waals surface area (Å²) >= 11 is 0. The van der Waals surface area contributed by atoms with Crippen LogP contribution in [-0.4, -0.2) is 60.9 Å². The Hall–Kier alpha value is -2.77. The number of aromatic amines is 1. The van der Waals surface area contributed by atoms with Crippen LogP contribution in [0.5, 0.6) is 0 Å². The molecule has 8 nitrogen and oxygen atoms in total. The fourth-order valence-electron chi connectivity index (χ4n) is 4.56. The maximum absolute atomic E-state index is 13.2. The second-order valence-corrected chi connectivity index (χ2v) is 7.98. The minimum Gasteiger partial charge on any atom is -0.334 e. The number of H-pyrrole nitrogens is 1. The van der Waals surface area contributed by atoms with Crippen LogP contribution in [0.25, 0.3) is 0 Å². The molecule has 1 saturated heterocycles. The Balaban J connectivity index is 1.54. The topological polar surface area (TPSA) is 95.1 Å². The first-order chi connectivity index (χ1) is 14.0. The Bertz CT molecular complexity index is 917. The number of amides is 2. The molecular formula is C21H28N6O2. The number of fused-ring (bicyclic) bond motifs is 1. The summed E-state index contributed by atoms with van der Waals surface area (Å²) in [7, 11) is 0. The summed E-state index contributed by atoms with van der Waals surface area (Å²) < 4.78 is 0. The third-order valence-electron chi connectivity index (χ3n) is 6.22. The molecule has 0 radical (unpaired) electrons. The van der Waals surface area contributed by atoms with E-state index in [0.29, 0.717) is 48.2 Å². The zero-order chi connectivity index (χ0) is 20.5. The Morgan fingerprint density at radius 1 is 1.14 bits per heavy atom. The highest BCUT2D eigenvalue weighted by atomic mass is 16.2. The summed E-state index contributed by atoms with van der Waals surface area (Å²) in [6.45, 7) is 7.56. The number of likely N-dealkylation sites (tertiary alicyclic amines) is 1. The third kappa shape index (κ3) is 3.52. The van der Waals surface area contributed by atoms with Crippen molar-refractivity contribution in [3.8, 4) is 0 Å². The molecule has 2 aliphatic heterocycles. The standard InChI is InChI=1S/C21H28N6O2/c1-4-15-7-5-6-9-27(15)21(29)19-16-8-10-26(11-17(16)24-25-19)20(28)18-13(2)22-12-23-14(18)3/h12,15H,4-11H2,1-3H3,(H,24,25). The number of nitrogens with one attached hydrogen (secondary N) is 1. The lowest BCUT2D eigenvalue weighted by molar-refractivity contribution is 0.0600. The third-order valence-corrected chi connectivity index (χ3v) is 6.22. The fourth-order valence-corrected chi connectivity index (χ4v) is 4.56. The first-order valence-corrected chi connectivity index (χ1v) is 10.5. The van der Waals surface area contributed by atoms with Crippen LogP contribution in [0.2, 0.25) is 0 Å². The largest absolute Gasteiger partial charge is 0.334 e. The normalized spacial score (nSPS) is 19.2. The van der Waals surface area contributed by atoms with Crippen LogP contribution in [0, 0.1) is 13.8 Å². The van der Waals surface area contributed by atoms with Gasteiger partial charge in [-0.3, -0.25) is 14.7 Å². The SMILES string of the molecule is CCC1CCCCN1C(=O)c1n[nH]c2c1CCN(C(=O)c1c(C)ncnc1C)C2. The van der Waals surface area contributed by atoms with Gasteiger partial charge in [-0.2, -0.15) is 5.10 Å². The molecule has 1 unspecified atom stereocenters. The van der Waals surface area contributed by atoms with E-state index in [0.717, 1.165) is 37.1 Å². The first kappa shape index (κ1) is 19.5. The highest BCUT2D eigenvalue weighted by molar-refractivity contribution is 5.97. The molecule has 1 N–H and O–H groups in total. The van der Waals surface area contributed by atoms with Crippen LogP contribution in [0.3, 0.4) is 0 Å². The summed E-state index contributed by atoms with van der Waals surface area (Å²) in [6, 6.07) is 0.300. The number of rotatable bonds is 3. The highest BCUT2D eigenvalue weighted by Gasteiger charge is 2.33. The van der Waals surface area contributed by atoms with E-state index in [1.54, 1.807) is 4.90 Å². The summed E-state index contributed by atoms with van der Waals surface area (Å²) in [5.41, 5.74) is 4.27. The average molecular weight is 396 g/mol. The summed E-state index contributed by atoms with van der Waals surface area (Å²) in [4.78, 5) is 38.3. The Morgan fingerprint density at radius 3 is 2.62 bits per heavy atom. The van der Waals surface area contributed by atoms with E-state index >= 15 is 0 Å². The van der Waals surface area contributed by atoms with Gasteiger partial charge < -0.3 is 9.80 Å². The molecule has 0 aliphatic carbocycles. The van der Waals surface area contributed by atoms with E-state index in [1.807, 2.05) is 18.7 Å². The Kier molecular flexibility index (Phi) is 5.34. The maximum atomic E-state index is 13.2. The van der Waals surface area contributed by atoms with Crippen molar-refractivity contribution >= 4 is 11.8 Å². The molecule has 154 valence electrons. The van der Waals surface area contributed by atoms with E-state index in [9.17, 15) is 9.59 Å². The number of nitrogens with zero attached hydrogens (tertiary/aromatic N) is 5. The minimum absolute atomic E-state index is 0.0250. The molecule has 1 atom stereocenters. The number of carbonyl (C=O) groups is 2. The predicted octanol–water partition coefficient (Wildman–Crippen LogP) is 2.42. The van der Waals surface area contributed by atoms with E-state index in [2.05, 4.69) is 27.1 Å². The maximum Gasteiger partial charge on any atom is 0.274 e. The summed E-state index contributed by atoms with van der Waals surface area (Å²) in [5, 5.41) is 7.39. The van der Waals surface area contributed by atoms with Crippen LogP contribution in [0.1, 0.15) is 76.1 Å². The lowest BCUT2D eigenvalue weighted by atomic mass is 9.97. The number of aromatic nitrogens is 4. The monoisotopic (exact) mass is 396 g/mol. The van der Waals surface area contributed by atoms with Gasteiger partial charge in [-0.1, -0.05) is 6.92 Å². The molecule has 0 saturated carbocycles. The van der Waals surface area contributed by atoms with Gasteiger partial charge in [-0.15, -0.1) is 0 Å². The molecule has 2 amide bonds. The second-order valence-electron chi connectivity index (χ2n) is 7.98. The number of carbonyl (C=O) groups excluding carboxylic acids is 2. The van der Waals surface area contributed by atoms with Crippen LogP contribution in [-0.2, 0) is 13.0 Å². The average Bonchev–Trinajstić information content (AvgIpc) is 3.16. The van der Waals surface area contributed by atoms with Gasteiger partial charge in [0.1, 0.15) is 6.33 Å². The van der Waals surface area contributed by atoms with Crippen molar-refractivity contribution in [1.82, 2.24) is 30.0 Å². The number of hydrogen-bond donors (Lipinski definition) is 1. The van der Waals surface area contributed by atoms with Gasteiger partial charge in [0, 0.05) is 24.7 Å². The Labute approximate surface area is 170 Å². The van der Waals surface area contributed by atoms with Crippen molar-refractivity contribution in [2.45, 2.75) is 65.5 Å². The minimum atomic E-state index is -0.0733. The smallest absolute Gasteiger partial charge is 0.274 e. The molecule has 4 rings (SSSR count). The molecule has 2 aliphatic rings. The van der Waals surface area contributed by atoms with Crippen molar-refractivity contribution in [2.75, 3.05) is 13.1 Å². The molecule has 1 fully saturated rings. The lowest BCUT2D eigenvalue weighted by Gasteiger charge is -2.35. The van der Waals surface area contributed by atoms with Crippen molar-refractivity contribution in [3.63, 3.8) is 0 Å². The lowest BCUT2D eigenvalue weighted by Crippen LogP contribution is -2.44. The zero-order valence-electron chi connectivity index (χ0n) is 17.4. The summed E-state index contributed by atoms with van der Waals surface area (Å²) in [6.07, 6.45) is 6.37. The molecule has 4 heterocycles. The van der Waals surface area contributed by atoms with Gasteiger partial charge in [0.15, 0.2) is 5.69 Å². The van der Waals surface area contributed by atoms with Gasteiger partial charge in [-0.05, 0) is 46.0 Å². The Morgan fingerprint density at radius 2 is 1.90 bits per heavy atom. The first-order valence-electron chi connectivity index (χ1n) is 10.5. The number of piperidine rings is 1. The van der Waals surface area contributed by atoms with Gasteiger partial charge >= 0.3 is 0 Å². The fraction of sp³-hybridized carbons (Fsp3) is 0.571. The number of aryl methyl sites for hydroxylation is 2. The van der Waals surface area contributed by atoms with Crippen LogP contribution in [0.15, 0.2) is 6.33 Å². The van der Waals surface area contributed by atoms with Gasteiger partial charge in [-0.25, -0.2) is 9.97 Å². The van der Waals surface area contributed by atoms with E-state index in [4.69, 9.17) is 0 Å². The van der Waals surface area contributed by atoms with Gasteiger partial charge in [0.05, 0.1) is 29.2 Å². The molecule has 0 spiro atoms. The molecule has 29 heavy (non-hydrogen) atoms. The van der Waals surface area contributed by atoms with E-state index < -0.39 is 0 Å². The van der Waals surface area contributed by atoms with Crippen molar-refractivity contribution in [1.29, 1.82) is 0 Å². The van der Waals surface area contributed by atoms with Crippen LogP contribution < -0.4 is 0 Å². The molecule has 0 bridgehead atoms.